The van der Waals surface area contributed by atoms with Gasteiger partial charge in [-0.2, -0.15) is 13.2 Å². The summed E-state index contributed by atoms with van der Waals surface area (Å²) >= 11 is 3.19. The lowest BCUT2D eigenvalue weighted by Crippen LogP contribution is -2.38. The van der Waals surface area contributed by atoms with Crippen LogP contribution in [0, 0.1) is 0 Å². The Labute approximate surface area is 106 Å². The number of hydrogen-bond acceptors (Lipinski definition) is 1. The summed E-state index contributed by atoms with van der Waals surface area (Å²) in [4.78, 5) is 12.5. The van der Waals surface area contributed by atoms with Crippen molar-refractivity contribution in [3.8, 4) is 0 Å². The smallest absolute Gasteiger partial charge is 0.330 e. The van der Waals surface area contributed by atoms with E-state index in [2.05, 4.69) is 15.9 Å². The topological polar surface area (TPSA) is 20.3 Å². The molecule has 1 aromatic rings. The van der Waals surface area contributed by atoms with E-state index in [0.717, 1.165) is 9.37 Å². The molecule has 0 aliphatic carbocycles. The molecule has 0 aliphatic heterocycles. The first-order valence-corrected chi connectivity index (χ1v) is 5.74. The van der Waals surface area contributed by atoms with Crippen LogP contribution in [0.4, 0.5) is 13.2 Å². The molecule has 0 atom stereocenters. The Hall–Kier alpha value is -1.04. The SMILES string of the molecule is CCN(CC(F)(F)F)C(=O)c1ccc(Br)cc1. The van der Waals surface area contributed by atoms with Gasteiger partial charge < -0.3 is 4.90 Å². The molecule has 6 heteroatoms. The molecule has 0 aliphatic rings. The number of benzene rings is 1. The second kappa shape index (κ2) is 5.53. The minimum atomic E-state index is -4.37. The van der Waals surface area contributed by atoms with E-state index in [1.165, 1.54) is 19.1 Å². The zero-order valence-corrected chi connectivity index (χ0v) is 10.7. The highest BCUT2D eigenvalue weighted by Crippen LogP contribution is 2.18. The molecule has 1 rings (SSSR count). The summed E-state index contributed by atoms with van der Waals surface area (Å²) in [5.74, 6) is -0.614. The Balaban J connectivity index is 2.83. The van der Waals surface area contributed by atoms with Gasteiger partial charge in [0.1, 0.15) is 6.54 Å². The monoisotopic (exact) mass is 309 g/mol. The summed E-state index contributed by atoms with van der Waals surface area (Å²) in [6.07, 6.45) is -4.37. The molecule has 0 N–H and O–H groups in total. The van der Waals surface area contributed by atoms with Crippen LogP contribution in [-0.4, -0.2) is 30.1 Å². The third-order valence-corrected chi connectivity index (χ3v) is 2.66. The summed E-state index contributed by atoms with van der Waals surface area (Å²) < 4.78 is 37.5. The van der Waals surface area contributed by atoms with E-state index in [4.69, 9.17) is 0 Å². The highest BCUT2D eigenvalue weighted by Gasteiger charge is 2.32. The average Bonchev–Trinajstić information content (AvgIpc) is 2.25. The first-order chi connectivity index (χ1) is 7.83. The van der Waals surface area contributed by atoms with Gasteiger partial charge in [-0.3, -0.25) is 4.79 Å². The van der Waals surface area contributed by atoms with E-state index in [1.54, 1.807) is 12.1 Å². The predicted octanol–water partition coefficient (Wildman–Crippen LogP) is 3.47. The van der Waals surface area contributed by atoms with Crippen molar-refractivity contribution in [2.45, 2.75) is 13.1 Å². The Kier molecular flexibility index (Phi) is 4.56. The van der Waals surface area contributed by atoms with Crippen molar-refractivity contribution in [1.82, 2.24) is 4.90 Å². The molecule has 0 spiro atoms. The second-order valence-electron chi connectivity index (χ2n) is 3.44. The summed E-state index contributed by atoms with van der Waals surface area (Å²) in [6.45, 7) is 0.315. The lowest BCUT2D eigenvalue weighted by molar-refractivity contribution is -0.140. The lowest BCUT2D eigenvalue weighted by atomic mass is 10.2. The Morgan fingerprint density at radius 2 is 1.82 bits per heavy atom. The van der Waals surface area contributed by atoms with Crippen molar-refractivity contribution in [3.05, 3.63) is 34.3 Å². The van der Waals surface area contributed by atoms with Crippen LogP contribution in [-0.2, 0) is 0 Å². The highest BCUT2D eigenvalue weighted by atomic mass is 79.9. The van der Waals surface area contributed by atoms with Crippen LogP contribution in [0.5, 0.6) is 0 Å². The van der Waals surface area contributed by atoms with Crippen LogP contribution in [0.25, 0.3) is 0 Å². The molecule has 0 fully saturated rings. The fraction of sp³-hybridized carbons (Fsp3) is 0.364. The van der Waals surface area contributed by atoms with E-state index < -0.39 is 18.6 Å². The first-order valence-electron chi connectivity index (χ1n) is 4.95. The number of carbonyl (C=O) groups excluding carboxylic acids is 1. The number of nitrogens with zero attached hydrogens (tertiary/aromatic N) is 1. The molecule has 94 valence electrons. The summed E-state index contributed by atoms with van der Waals surface area (Å²) in [5, 5.41) is 0. The standard InChI is InChI=1S/C11H11BrF3NO/c1-2-16(7-11(13,14)15)10(17)8-3-5-9(12)6-4-8/h3-6H,2,7H2,1H3. The normalized spacial score (nSPS) is 11.4. The molecule has 0 radical (unpaired) electrons. The highest BCUT2D eigenvalue weighted by molar-refractivity contribution is 9.10. The van der Waals surface area contributed by atoms with Crippen LogP contribution in [0.1, 0.15) is 17.3 Å². The van der Waals surface area contributed by atoms with Crippen molar-refractivity contribution >= 4 is 21.8 Å². The van der Waals surface area contributed by atoms with Crippen molar-refractivity contribution in [2.75, 3.05) is 13.1 Å². The number of carbonyl (C=O) groups is 1. The Morgan fingerprint density at radius 1 is 1.29 bits per heavy atom. The van der Waals surface area contributed by atoms with E-state index in [0.29, 0.717) is 0 Å². The van der Waals surface area contributed by atoms with Crippen LogP contribution in [0.2, 0.25) is 0 Å². The molecule has 1 amide bonds. The molecule has 0 heterocycles. The van der Waals surface area contributed by atoms with Crippen LogP contribution >= 0.6 is 15.9 Å². The van der Waals surface area contributed by atoms with Gasteiger partial charge in [-0.05, 0) is 31.2 Å². The Bertz CT molecular complexity index is 389. The van der Waals surface area contributed by atoms with Gasteiger partial charge in [0.15, 0.2) is 0 Å². The number of alkyl halides is 3. The largest absolute Gasteiger partial charge is 0.406 e. The number of rotatable bonds is 3. The van der Waals surface area contributed by atoms with Gasteiger partial charge in [0.05, 0.1) is 0 Å². The maximum absolute atomic E-state index is 12.2. The molecule has 0 saturated heterocycles. The molecule has 1 aromatic carbocycles. The minimum Gasteiger partial charge on any atom is -0.330 e. The lowest BCUT2D eigenvalue weighted by Gasteiger charge is -2.22. The molecule has 17 heavy (non-hydrogen) atoms. The van der Waals surface area contributed by atoms with Gasteiger partial charge >= 0.3 is 6.18 Å². The van der Waals surface area contributed by atoms with Crippen molar-refractivity contribution in [1.29, 1.82) is 0 Å². The zero-order valence-electron chi connectivity index (χ0n) is 9.09. The van der Waals surface area contributed by atoms with Gasteiger partial charge in [-0.1, -0.05) is 15.9 Å². The summed E-state index contributed by atoms with van der Waals surface area (Å²) in [7, 11) is 0. The number of amides is 1. The minimum absolute atomic E-state index is 0.0222. The molecule has 0 unspecified atom stereocenters. The molecular formula is C11H11BrF3NO. The van der Waals surface area contributed by atoms with Crippen molar-refractivity contribution in [3.63, 3.8) is 0 Å². The molecule has 0 bridgehead atoms. The van der Waals surface area contributed by atoms with Crippen molar-refractivity contribution < 1.29 is 18.0 Å². The predicted molar refractivity (Wildman–Crippen MR) is 61.8 cm³/mol. The molecular weight excluding hydrogens is 299 g/mol. The summed E-state index contributed by atoms with van der Waals surface area (Å²) in [5.41, 5.74) is 0.249. The quantitative estimate of drug-likeness (QED) is 0.837. The maximum Gasteiger partial charge on any atom is 0.406 e. The molecule has 0 saturated carbocycles. The van der Waals surface area contributed by atoms with Crippen molar-refractivity contribution in [2.24, 2.45) is 0 Å². The van der Waals surface area contributed by atoms with E-state index in [9.17, 15) is 18.0 Å². The van der Waals surface area contributed by atoms with Gasteiger partial charge in [-0.15, -0.1) is 0 Å². The summed E-state index contributed by atoms with van der Waals surface area (Å²) in [6, 6.07) is 6.22. The number of hydrogen-bond donors (Lipinski definition) is 0. The third-order valence-electron chi connectivity index (χ3n) is 2.13. The van der Waals surface area contributed by atoms with Gasteiger partial charge in [0.2, 0.25) is 0 Å². The third kappa shape index (κ3) is 4.38. The van der Waals surface area contributed by atoms with Crippen LogP contribution < -0.4 is 0 Å². The average molecular weight is 310 g/mol. The Morgan fingerprint density at radius 3 is 2.24 bits per heavy atom. The fourth-order valence-corrected chi connectivity index (χ4v) is 1.58. The van der Waals surface area contributed by atoms with E-state index in [1.807, 2.05) is 0 Å². The number of halogens is 4. The van der Waals surface area contributed by atoms with E-state index in [-0.39, 0.29) is 12.1 Å². The van der Waals surface area contributed by atoms with Gasteiger partial charge in [0, 0.05) is 16.6 Å². The molecule has 0 aromatic heterocycles. The van der Waals surface area contributed by atoms with Crippen LogP contribution in [0.15, 0.2) is 28.7 Å². The zero-order chi connectivity index (χ0) is 13.1. The molecule has 2 nitrogen and oxygen atoms in total. The maximum atomic E-state index is 12.2. The first kappa shape index (κ1) is 14.0. The van der Waals surface area contributed by atoms with E-state index >= 15 is 0 Å². The fourth-order valence-electron chi connectivity index (χ4n) is 1.32. The van der Waals surface area contributed by atoms with Gasteiger partial charge in [-0.25, -0.2) is 0 Å². The second-order valence-corrected chi connectivity index (χ2v) is 4.36. The van der Waals surface area contributed by atoms with Gasteiger partial charge in [0.25, 0.3) is 5.91 Å². The van der Waals surface area contributed by atoms with Crippen LogP contribution in [0.3, 0.4) is 0 Å².